The second-order valence-corrected chi connectivity index (χ2v) is 6.45. The van der Waals surface area contributed by atoms with Crippen molar-refractivity contribution in [3.05, 3.63) is 29.8 Å². The number of carbonyl (C=O) groups excluding carboxylic acids is 4. The van der Waals surface area contributed by atoms with Gasteiger partial charge in [-0.1, -0.05) is 25.1 Å². The highest BCUT2D eigenvalue weighted by molar-refractivity contribution is 6.09. The van der Waals surface area contributed by atoms with E-state index in [1.54, 1.807) is 25.1 Å². The smallest absolute Gasteiger partial charge is 0.325 e. The second kappa shape index (κ2) is 8.52. The number of benzene rings is 1. The number of carbonyl (C=O) groups is 4. The van der Waals surface area contributed by atoms with E-state index < -0.39 is 36.0 Å². The third kappa shape index (κ3) is 4.75. The molecule has 0 unspecified atom stereocenters. The Morgan fingerprint density at radius 3 is 2.63 bits per heavy atom. The zero-order valence-electron chi connectivity index (χ0n) is 15.6. The van der Waals surface area contributed by atoms with Crippen molar-refractivity contribution in [1.29, 1.82) is 0 Å². The van der Waals surface area contributed by atoms with Crippen molar-refractivity contribution in [2.45, 2.75) is 32.2 Å². The van der Waals surface area contributed by atoms with Gasteiger partial charge in [-0.25, -0.2) is 9.59 Å². The maximum Gasteiger partial charge on any atom is 0.325 e. The fraction of sp³-hybridized carbons (Fsp3) is 0.444. The first-order chi connectivity index (χ1) is 12.8. The molecule has 146 valence electrons. The molecule has 1 aliphatic rings. The predicted octanol–water partition coefficient (Wildman–Crippen LogP) is 0.784. The number of imide groups is 2. The fourth-order valence-electron chi connectivity index (χ4n) is 2.83. The summed E-state index contributed by atoms with van der Waals surface area (Å²) >= 11 is 0. The van der Waals surface area contributed by atoms with Crippen molar-refractivity contribution in [3.8, 4) is 5.75 Å². The first-order valence-corrected chi connectivity index (χ1v) is 8.64. The highest BCUT2D eigenvalue weighted by Gasteiger charge is 2.48. The van der Waals surface area contributed by atoms with Gasteiger partial charge in [0, 0.05) is 13.0 Å². The molecule has 1 aromatic rings. The summed E-state index contributed by atoms with van der Waals surface area (Å²) in [6.45, 7) is 3.34. The van der Waals surface area contributed by atoms with Crippen LogP contribution in [0.3, 0.4) is 0 Å². The van der Waals surface area contributed by atoms with E-state index in [4.69, 9.17) is 4.74 Å². The van der Waals surface area contributed by atoms with Crippen LogP contribution in [0.1, 0.15) is 25.8 Å². The van der Waals surface area contributed by atoms with Gasteiger partial charge in [0.05, 0.1) is 7.11 Å². The fourth-order valence-corrected chi connectivity index (χ4v) is 2.83. The molecule has 1 atom stereocenters. The van der Waals surface area contributed by atoms with E-state index in [0.29, 0.717) is 12.3 Å². The Morgan fingerprint density at radius 1 is 1.26 bits per heavy atom. The van der Waals surface area contributed by atoms with Gasteiger partial charge < -0.3 is 15.4 Å². The molecule has 0 saturated carbocycles. The summed E-state index contributed by atoms with van der Waals surface area (Å²) in [5.41, 5.74) is -0.461. The van der Waals surface area contributed by atoms with Crippen LogP contribution in [0.4, 0.5) is 9.59 Å². The number of nitrogens with one attached hydrogen (secondary N) is 3. The summed E-state index contributed by atoms with van der Waals surface area (Å²) in [5, 5.41) is 7.20. The Balaban J connectivity index is 2.05. The summed E-state index contributed by atoms with van der Waals surface area (Å²) in [6.07, 6.45) is 0.923. The molecule has 1 fully saturated rings. The minimum atomic E-state index is -1.21. The van der Waals surface area contributed by atoms with Crippen molar-refractivity contribution in [3.63, 3.8) is 0 Å². The van der Waals surface area contributed by atoms with Crippen LogP contribution >= 0.6 is 0 Å². The SMILES string of the molecule is CCCNC(=O)NC(=O)CN1C(=O)N[C@@](C)(Cc2ccccc2OC)C1=O. The lowest BCUT2D eigenvalue weighted by Gasteiger charge is -2.22. The van der Waals surface area contributed by atoms with E-state index in [1.807, 2.05) is 13.0 Å². The Hall–Kier alpha value is -3.10. The lowest BCUT2D eigenvalue weighted by Crippen LogP contribution is -2.48. The zero-order valence-corrected chi connectivity index (χ0v) is 15.6. The van der Waals surface area contributed by atoms with E-state index in [9.17, 15) is 19.2 Å². The lowest BCUT2D eigenvalue weighted by atomic mass is 9.92. The minimum absolute atomic E-state index is 0.205. The molecule has 1 aliphatic heterocycles. The first-order valence-electron chi connectivity index (χ1n) is 8.64. The molecule has 1 aromatic carbocycles. The molecule has 2 rings (SSSR count). The number of rotatable bonds is 7. The van der Waals surface area contributed by atoms with E-state index >= 15 is 0 Å². The third-order valence-corrected chi connectivity index (χ3v) is 4.17. The number of amides is 6. The Kier molecular flexibility index (Phi) is 6.38. The summed E-state index contributed by atoms with van der Waals surface area (Å²) in [6, 6.07) is 5.84. The number of hydrogen-bond acceptors (Lipinski definition) is 5. The van der Waals surface area contributed by atoms with Gasteiger partial charge in [0.25, 0.3) is 5.91 Å². The number of urea groups is 2. The van der Waals surface area contributed by atoms with Gasteiger partial charge >= 0.3 is 12.1 Å². The number of methoxy groups -OCH3 is 1. The summed E-state index contributed by atoms with van der Waals surface area (Å²) in [7, 11) is 1.52. The van der Waals surface area contributed by atoms with Gasteiger partial charge in [0.15, 0.2) is 0 Å². The summed E-state index contributed by atoms with van der Waals surface area (Å²) in [5.74, 6) is -0.680. The normalized spacial score (nSPS) is 18.9. The monoisotopic (exact) mass is 376 g/mol. The summed E-state index contributed by atoms with van der Waals surface area (Å²) < 4.78 is 5.28. The average Bonchev–Trinajstić information content (AvgIpc) is 2.83. The van der Waals surface area contributed by atoms with E-state index in [0.717, 1.165) is 16.9 Å². The number of hydrogen-bond donors (Lipinski definition) is 3. The second-order valence-electron chi connectivity index (χ2n) is 6.45. The van der Waals surface area contributed by atoms with Crippen LogP contribution in [0, 0.1) is 0 Å². The van der Waals surface area contributed by atoms with Gasteiger partial charge in [-0.3, -0.25) is 19.8 Å². The molecule has 6 amide bonds. The third-order valence-electron chi connectivity index (χ3n) is 4.17. The first kappa shape index (κ1) is 20.2. The average molecular weight is 376 g/mol. The van der Waals surface area contributed by atoms with Gasteiger partial charge in [-0.2, -0.15) is 0 Å². The number of ether oxygens (including phenoxy) is 1. The Labute approximate surface area is 157 Å². The maximum absolute atomic E-state index is 12.8. The van der Waals surface area contributed by atoms with Crippen molar-refractivity contribution in [2.24, 2.45) is 0 Å². The lowest BCUT2D eigenvalue weighted by molar-refractivity contribution is -0.134. The molecular formula is C18H24N4O5. The van der Waals surface area contributed by atoms with Gasteiger partial charge in [-0.05, 0) is 25.0 Å². The van der Waals surface area contributed by atoms with Gasteiger partial charge in [0.1, 0.15) is 17.8 Å². The number of para-hydroxylation sites is 1. The van der Waals surface area contributed by atoms with Crippen molar-refractivity contribution in [1.82, 2.24) is 20.9 Å². The molecule has 0 aliphatic carbocycles. The van der Waals surface area contributed by atoms with Crippen LogP contribution in [0.5, 0.6) is 5.75 Å². The quantitative estimate of drug-likeness (QED) is 0.608. The Morgan fingerprint density at radius 2 is 1.96 bits per heavy atom. The number of nitrogens with zero attached hydrogens (tertiary/aromatic N) is 1. The predicted molar refractivity (Wildman–Crippen MR) is 97.2 cm³/mol. The van der Waals surface area contributed by atoms with E-state index in [2.05, 4.69) is 16.0 Å². The van der Waals surface area contributed by atoms with Crippen LogP contribution in [-0.4, -0.2) is 54.5 Å². The van der Waals surface area contributed by atoms with Gasteiger partial charge in [0.2, 0.25) is 5.91 Å². The molecule has 0 aromatic heterocycles. The molecule has 27 heavy (non-hydrogen) atoms. The van der Waals surface area contributed by atoms with E-state index in [1.165, 1.54) is 7.11 Å². The van der Waals surface area contributed by atoms with Crippen molar-refractivity contribution < 1.29 is 23.9 Å². The van der Waals surface area contributed by atoms with Crippen LogP contribution in [0.25, 0.3) is 0 Å². The van der Waals surface area contributed by atoms with Crippen LogP contribution in [-0.2, 0) is 16.0 Å². The largest absolute Gasteiger partial charge is 0.496 e. The molecule has 1 heterocycles. The Bertz CT molecular complexity index is 751. The molecule has 9 heteroatoms. The molecule has 3 N–H and O–H groups in total. The summed E-state index contributed by atoms with van der Waals surface area (Å²) in [4.78, 5) is 49.3. The van der Waals surface area contributed by atoms with Gasteiger partial charge in [-0.15, -0.1) is 0 Å². The molecule has 0 spiro atoms. The molecular weight excluding hydrogens is 352 g/mol. The highest BCUT2D eigenvalue weighted by atomic mass is 16.5. The van der Waals surface area contributed by atoms with Crippen molar-refractivity contribution in [2.75, 3.05) is 20.2 Å². The standard InChI is InChI=1S/C18H24N4O5/c1-4-9-19-16(25)20-14(23)11-22-15(24)18(2,21-17(22)26)10-12-7-5-6-8-13(12)27-3/h5-8H,4,9-11H2,1-3H3,(H,21,26)(H2,19,20,23,25)/t18-/m0/s1. The zero-order chi connectivity index (χ0) is 20.0. The van der Waals surface area contributed by atoms with Crippen LogP contribution in [0.2, 0.25) is 0 Å². The highest BCUT2D eigenvalue weighted by Crippen LogP contribution is 2.27. The van der Waals surface area contributed by atoms with E-state index in [-0.39, 0.29) is 6.42 Å². The topological polar surface area (TPSA) is 117 Å². The molecule has 0 bridgehead atoms. The van der Waals surface area contributed by atoms with Crippen LogP contribution < -0.4 is 20.7 Å². The molecule has 1 saturated heterocycles. The van der Waals surface area contributed by atoms with Crippen molar-refractivity contribution >= 4 is 23.9 Å². The molecule has 0 radical (unpaired) electrons. The molecule has 9 nitrogen and oxygen atoms in total. The minimum Gasteiger partial charge on any atom is -0.496 e. The van der Waals surface area contributed by atoms with Crippen LogP contribution in [0.15, 0.2) is 24.3 Å². The maximum atomic E-state index is 12.8.